The summed E-state index contributed by atoms with van der Waals surface area (Å²) in [6.07, 6.45) is 1.16. The van der Waals surface area contributed by atoms with Crippen LogP contribution in [0.15, 0.2) is 18.2 Å². The minimum absolute atomic E-state index is 0.0160. The monoisotopic (exact) mass is 236 g/mol. The summed E-state index contributed by atoms with van der Waals surface area (Å²) >= 11 is 0. The minimum Gasteiger partial charge on any atom is -0.355 e. The summed E-state index contributed by atoms with van der Waals surface area (Å²) in [7, 11) is 0. The van der Waals surface area contributed by atoms with Crippen molar-refractivity contribution in [3.05, 3.63) is 35.1 Å². The molecule has 0 spiro atoms. The molecule has 1 heterocycles. The lowest BCUT2D eigenvalue weighted by Gasteiger charge is -2.16. The molecule has 1 atom stereocenters. The molecule has 2 rings (SSSR count). The molecule has 17 heavy (non-hydrogen) atoms. The van der Waals surface area contributed by atoms with Crippen LogP contribution in [-0.4, -0.2) is 19.0 Å². The number of carbonyl (C=O) groups excluding carboxylic acids is 1. The van der Waals surface area contributed by atoms with Gasteiger partial charge in [0.1, 0.15) is 5.82 Å². The van der Waals surface area contributed by atoms with Gasteiger partial charge in [-0.05, 0) is 29.7 Å². The predicted molar refractivity (Wildman–Crippen MR) is 64.1 cm³/mol. The first-order valence-electron chi connectivity index (χ1n) is 5.98. The maximum atomic E-state index is 13.4. The van der Waals surface area contributed by atoms with E-state index in [1.165, 1.54) is 6.07 Å². The molecule has 0 aromatic heterocycles. The second kappa shape index (κ2) is 5.27. The van der Waals surface area contributed by atoms with E-state index in [0.29, 0.717) is 19.5 Å². The number of amides is 1. The first-order valence-corrected chi connectivity index (χ1v) is 5.98. The van der Waals surface area contributed by atoms with Crippen molar-refractivity contribution in [2.45, 2.75) is 25.8 Å². The second-order valence-electron chi connectivity index (χ2n) is 4.31. The van der Waals surface area contributed by atoms with Crippen molar-refractivity contribution in [3.63, 3.8) is 0 Å². The third-order valence-electron chi connectivity index (χ3n) is 3.02. The largest absolute Gasteiger partial charge is 0.355 e. The quantitative estimate of drug-likeness (QED) is 0.817. The van der Waals surface area contributed by atoms with Gasteiger partial charge in [-0.1, -0.05) is 13.0 Å². The van der Waals surface area contributed by atoms with Gasteiger partial charge in [-0.2, -0.15) is 0 Å². The molecule has 1 aliphatic rings. The fraction of sp³-hybridized carbons (Fsp3) is 0.462. The summed E-state index contributed by atoms with van der Waals surface area (Å²) in [5.74, 6) is -0.215. The van der Waals surface area contributed by atoms with Crippen LogP contribution in [0.5, 0.6) is 0 Å². The van der Waals surface area contributed by atoms with E-state index in [-0.39, 0.29) is 17.8 Å². The Bertz CT molecular complexity index is 420. The Morgan fingerprint density at radius 2 is 2.18 bits per heavy atom. The highest BCUT2D eigenvalue weighted by atomic mass is 19.1. The van der Waals surface area contributed by atoms with Crippen LogP contribution in [0.1, 0.15) is 30.5 Å². The highest BCUT2D eigenvalue weighted by Gasteiger charge is 2.19. The maximum Gasteiger partial charge on any atom is 0.221 e. The molecular weight excluding hydrogens is 219 g/mol. The van der Waals surface area contributed by atoms with Crippen LogP contribution in [-0.2, 0) is 11.2 Å². The van der Waals surface area contributed by atoms with Gasteiger partial charge >= 0.3 is 0 Å². The number of hydrogen-bond acceptors (Lipinski definition) is 2. The van der Waals surface area contributed by atoms with Gasteiger partial charge < -0.3 is 10.6 Å². The van der Waals surface area contributed by atoms with Crippen molar-refractivity contribution in [2.75, 3.05) is 13.1 Å². The fourth-order valence-electron chi connectivity index (χ4n) is 2.09. The SMILES string of the molecule is CCc1cc(F)cc(C2CC(=O)NCCN2)c1. The van der Waals surface area contributed by atoms with Gasteiger partial charge in [0.05, 0.1) is 0 Å². The molecule has 1 aliphatic heterocycles. The average molecular weight is 236 g/mol. The number of benzene rings is 1. The number of carbonyl (C=O) groups is 1. The van der Waals surface area contributed by atoms with E-state index in [1.807, 2.05) is 13.0 Å². The zero-order chi connectivity index (χ0) is 12.3. The molecule has 92 valence electrons. The van der Waals surface area contributed by atoms with Gasteiger partial charge in [0.15, 0.2) is 0 Å². The average Bonchev–Trinajstić information content (AvgIpc) is 2.53. The summed E-state index contributed by atoms with van der Waals surface area (Å²) in [6, 6.07) is 4.94. The van der Waals surface area contributed by atoms with Gasteiger partial charge in [0.25, 0.3) is 0 Å². The smallest absolute Gasteiger partial charge is 0.221 e. The molecular formula is C13H17FN2O. The normalized spacial score (nSPS) is 20.8. The lowest BCUT2D eigenvalue weighted by atomic mass is 10.00. The van der Waals surface area contributed by atoms with Crippen LogP contribution in [0, 0.1) is 5.82 Å². The summed E-state index contributed by atoms with van der Waals surface area (Å²) < 4.78 is 13.4. The molecule has 1 amide bonds. The molecule has 1 fully saturated rings. The Kier molecular flexibility index (Phi) is 3.74. The van der Waals surface area contributed by atoms with Crippen molar-refractivity contribution in [2.24, 2.45) is 0 Å². The lowest BCUT2D eigenvalue weighted by molar-refractivity contribution is -0.121. The summed E-state index contributed by atoms with van der Waals surface area (Å²) in [5.41, 5.74) is 1.82. The molecule has 3 nitrogen and oxygen atoms in total. The van der Waals surface area contributed by atoms with E-state index in [4.69, 9.17) is 0 Å². The van der Waals surface area contributed by atoms with E-state index < -0.39 is 0 Å². The summed E-state index contributed by atoms with van der Waals surface area (Å²) in [6.45, 7) is 3.34. The summed E-state index contributed by atoms with van der Waals surface area (Å²) in [5, 5.41) is 6.05. The van der Waals surface area contributed by atoms with Crippen LogP contribution < -0.4 is 10.6 Å². The molecule has 0 bridgehead atoms. The number of rotatable bonds is 2. The zero-order valence-corrected chi connectivity index (χ0v) is 9.92. The molecule has 1 unspecified atom stereocenters. The van der Waals surface area contributed by atoms with Gasteiger partial charge in [-0.3, -0.25) is 4.79 Å². The lowest BCUT2D eigenvalue weighted by Crippen LogP contribution is -2.24. The number of nitrogens with one attached hydrogen (secondary N) is 2. The third kappa shape index (κ3) is 3.03. The Hall–Kier alpha value is -1.42. The highest BCUT2D eigenvalue weighted by molar-refractivity contribution is 5.77. The molecule has 2 N–H and O–H groups in total. The Morgan fingerprint density at radius 3 is 2.94 bits per heavy atom. The van der Waals surface area contributed by atoms with Gasteiger partial charge in [0, 0.05) is 25.6 Å². The van der Waals surface area contributed by atoms with E-state index in [2.05, 4.69) is 10.6 Å². The van der Waals surface area contributed by atoms with Crippen LogP contribution in [0.3, 0.4) is 0 Å². The van der Waals surface area contributed by atoms with Gasteiger partial charge in [0.2, 0.25) is 5.91 Å². The first-order chi connectivity index (χ1) is 8.19. The van der Waals surface area contributed by atoms with Crippen molar-refractivity contribution >= 4 is 5.91 Å². The zero-order valence-electron chi connectivity index (χ0n) is 9.92. The van der Waals surface area contributed by atoms with E-state index >= 15 is 0 Å². The van der Waals surface area contributed by atoms with E-state index in [9.17, 15) is 9.18 Å². The Balaban J connectivity index is 2.25. The topological polar surface area (TPSA) is 41.1 Å². The predicted octanol–water partition coefficient (Wildman–Crippen LogP) is 1.54. The van der Waals surface area contributed by atoms with Crippen LogP contribution in [0.4, 0.5) is 4.39 Å². The van der Waals surface area contributed by atoms with Gasteiger partial charge in [-0.15, -0.1) is 0 Å². The van der Waals surface area contributed by atoms with Crippen LogP contribution in [0.2, 0.25) is 0 Å². The van der Waals surface area contributed by atoms with Crippen LogP contribution in [0.25, 0.3) is 0 Å². The molecule has 1 aromatic carbocycles. The molecule has 0 saturated carbocycles. The van der Waals surface area contributed by atoms with Gasteiger partial charge in [-0.25, -0.2) is 4.39 Å². The van der Waals surface area contributed by atoms with Crippen molar-refractivity contribution < 1.29 is 9.18 Å². The maximum absolute atomic E-state index is 13.4. The minimum atomic E-state index is -0.231. The van der Waals surface area contributed by atoms with Crippen molar-refractivity contribution in [3.8, 4) is 0 Å². The van der Waals surface area contributed by atoms with E-state index in [0.717, 1.165) is 17.5 Å². The Morgan fingerprint density at radius 1 is 1.35 bits per heavy atom. The summed E-state index contributed by atoms with van der Waals surface area (Å²) in [4.78, 5) is 11.5. The molecule has 1 aromatic rings. The number of hydrogen-bond donors (Lipinski definition) is 2. The third-order valence-corrected chi connectivity index (χ3v) is 3.02. The molecule has 0 radical (unpaired) electrons. The second-order valence-corrected chi connectivity index (χ2v) is 4.31. The Labute approximate surface area is 100 Å². The first kappa shape index (κ1) is 12.0. The molecule has 4 heteroatoms. The number of aryl methyl sites for hydroxylation is 1. The van der Waals surface area contributed by atoms with Crippen molar-refractivity contribution in [1.82, 2.24) is 10.6 Å². The fourth-order valence-corrected chi connectivity index (χ4v) is 2.09. The molecule has 1 saturated heterocycles. The molecule has 0 aliphatic carbocycles. The van der Waals surface area contributed by atoms with Crippen LogP contribution >= 0.6 is 0 Å². The van der Waals surface area contributed by atoms with E-state index in [1.54, 1.807) is 6.07 Å². The standard InChI is InChI=1S/C13H17FN2O/c1-2-9-5-10(7-11(14)6-9)12-8-13(17)16-4-3-15-12/h5-7,12,15H,2-4,8H2,1H3,(H,16,17). The highest BCUT2D eigenvalue weighted by Crippen LogP contribution is 2.21. The van der Waals surface area contributed by atoms with Crippen molar-refractivity contribution in [1.29, 1.82) is 0 Å². The number of halogens is 1.